The highest BCUT2D eigenvalue weighted by atomic mass is 19.1. The van der Waals surface area contributed by atoms with Crippen LogP contribution in [0, 0.1) is 5.82 Å². The molecule has 0 radical (unpaired) electrons. The Labute approximate surface area is 103 Å². The number of hydrogen-bond acceptors (Lipinski definition) is 2. The van der Waals surface area contributed by atoms with E-state index in [1.807, 2.05) is 0 Å². The highest BCUT2D eigenvalue weighted by Gasteiger charge is 2.15. The third-order valence-electron chi connectivity index (χ3n) is 2.12. The number of para-hydroxylation sites is 1. The Morgan fingerprint density at radius 1 is 1.44 bits per heavy atom. The Hall–Kier alpha value is -2.37. The van der Waals surface area contributed by atoms with Crippen molar-refractivity contribution in [2.24, 2.45) is 0 Å². The van der Waals surface area contributed by atoms with Gasteiger partial charge in [-0.2, -0.15) is 0 Å². The zero-order valence-corrected chi connectivity index (χ0v) is 9.57. The van der Waals surface area contributed by atoms with Crippen LogP contribution in [0.1, 0.15) is 16.8 Å². The van der Waals surface area contributed by atoms with Crippen molar-refractivity contribution < 1.29 is 19.1 Å². The van der Waals surface area contributed by atoms with Crippen molar-refractivity contribution in [3.05, 3.63) is 42.2 Å². The second-order valence-electron chi connectivity index (χ2n) is 3.43. The molecule has 6 heteroatoms. The Morgan fingerprint density at radius 3 is 2.78 bits per heavy atom. The molecule has 2 amide bonds. The van der Waals surface area contributed by atoms with Crippen LogP contribution < -0.4 is 10.6 Å². The molecule has 96 valence electrons. The molecule has 0 aliphatic carbocycles. The monoisotopic (exact) mass is 252 g/mol. The summed E-state index contributed by atoms with van der Waals surface area (Å²) in [5.41, 5.74) is -0.644. The second-order valence-corrected chi connectivity index (χ2v) is 3.43. The fourth-order valence-electron chi connectivity index (χ4n) is 1.27. The van der Waals surface area contributed by atoms with Crippen LogP contribution >= 0.6 is 0 Å². The maximum absolute atomic E-state index is 13.4. The molecule has 3 N–H and O–H groups in total. The van der Waals surface area contributed by atoms with E-state index in [-0.39, 0.29) is 11.3 Å². The van der Waals surface area contributed by atoms with Crippen molar-refractivity contribution in [1.82, 2.24) is 5.32 Å². The summed E-state index contributed by atoms with van der Waals surface area (Å²) < 4.78 is 13.4. The molecular formula is C12H13FN2O3. The fraction of sp³-hybridized carbons (Fsp3) is 0.167. The predicted octanol–water partition coefficient (Wildman–Crippen LogP) is 2.22. The van der Waals surface area contributed by atoms with Gasteiger partial charge >= 0.3 is 12.0 Å². The number of aromatic carboxylic acids is 1. The van der Waals surface area contributed by atoms with E-state index in [1.165, 1.54) is 12.1 Å². The minimum Gasteiger partial charge on any atom is -0.478 e. The molecule has 0 fully saturated rings. The summed E-state index contributed by atoms with van der Waals surface area (Å²) in [5.74, 6) is -2.11. The molecule has 0 unspecified atom stereocenters. The number of carboxylic acids is 1. The third-order valence-corrected chi connectivity index (χ3v) is 2.12. The van der Waals surface area contributed by atoms with Gasteiger partial charge in [0.1, 0.15) is 5.82 Å². The van der Waals surface area contributed by atoms with Gasteiger partial charge in [-0.25, -0.2) is 14.0 Å². The molecule has 1 aromatic rings. The molecule has 0 aliphatic rings. The first-order valence-electron chi connectivity index (χ1n) is 5.23. The smallest absolute Gasteiger partial charge is 0.337 e. The number of carbonyl (C=O) groups is 2. The SMILES string of the molecule is C=CCCNC(=O)Nc1c(F)cccc1C(=O)O. The molecule has 1 aromatic carbocycles. The standard InChI is InChI=1S/C12H13FN2O3/c1-2-3-7-14-12(18)15-10-8(11(16)17)5-4-6-9(10)13/h2,4-6H,1,3,7H2,(H,16,17)(H2,14,15,18). The van der Waals surface area contributed by atoms with Crippen molar-refractivity contribution in [1.29, 1.82) is 0 Å². The van der Waals surface area contributed by atoms with Crippen LogP contribution in [0.3, 0.4) is 0 Å². The zero-order chi connectivity index (χ0) is 13.5. The summed E-state index contributed by atoms with van der Waals surface area (Å²) >= 11 is 0. The Kier molecular flexibility index (Phi) is 4.86. The number of rotatable bonds is 5. The van der Waals surface area contributed by atoms with E-state index >= 15 is 0 Å². The minimum atomic E-state index is -1.31. The van der Waals surface area contributed by atoms with Gasteiger partial charge in [-0.05, 0) is 18.6 Å². The Balaban J connectivity index is 2.80. The number of anilines is 1. The van der Waals surface area contributed by atoms with E-state index in [1.54, 1.807) is 6.08 Å². The molecule has 0 aromatic heterocycles. The molecular weight excluding hydrogens is 239 g/mol. The Bertz CT molecular complexity index is 474. The van der Waals surface area contributed by atoms with Crippen molar-refractivity contribution in [2.45, 2.75) is 6.42 Å². The van der Waals surface area contributed by atoms with E-state index in [2.05, 4.69) is 17.2 Å². The van der Waals surface area contributed by atoms with Crippen LogP contribution in [0.5, 0.6) is 0 Å². The molecule has 0 bridgehead atoms. The maximum atomic E-state index is 13.4. The molecule has 1 rings (SSSR count). The lowest BCUT2D eigenvalue weighted by Gasteiger charge is -2.10. The van der Waals surface area contributed by atoms with E-state index < -0.39 is 17.8 Å². The van der Waals surface area contributed by atoms with Crippen LogP contribution in [-0.4, -0.2) is 23.7 Å². The first-order chi connectivity index (χ1) is 8.56. The van der Waals surface area contributed by atoms with E-state index in [0.717, 1.165) is 6.07 Å². The maximum Gasteiger partial charge on any atom is 0.337 e. The lowest BCUT2D eigenvalue weighted by Crippen LogP contribution is -2.30. The summed E-state index contributed by atoms with van der Waals surface area (Å²) in [6.07, 6.45) is 2.18. The zero-order valence-electron chi connectivity index (χ0n) is 9.57. The van der Waals surface area contributed by atoms with Crippen molar-refractivity contribution >= 4 is 17.7 Å². The number of carbonyl (C=O) groups excluding carboxylic acids is 1. The summed E-state index contributed by atoms with van der Waals surface area (Å²) in [6, 6.07) is 2.89. The van der Waals surface area contributed by atoms with Crippen LogP contribution in [0.2, 0.25) is 0 Å². The lowest BCUT2D eigenvalue weighted by molar-refractivity contribution is 0.0697. The largest absolute Gasteiger partial charge is 0.478 e. The normalized spacial score (nSPS) is 9.61. The average molecular weight is 252 g/mol. The summed E-state index contributed by atoms with van der Waals surface area (Å²) in [4.78, 5) is 22.3. The first kappa shape index (κ1) is 13.7. The minimum absolute atomic E-state index is 0.297. The van der Waals surface area contributed by atoms with Crippen molar-refractivity contribution in [2.75, 3.05) is 11.9 Å². The lowest BCUT2D eigenvalue weighted by atomic mass is 10.1. The molecule has 0 saturated carbocycles. The van der Waals surface area contributed by atoms with Gasteiger partial charge in [-0.3, -0.25) is 0 Å². The predicted molar refractivity (Wildman–Crippen MR) is 65.2 cm³/mol. The van der Waals surface area contributed by atoms with Crippen LogP contribution in [-0.2, 0) is 0 Å². The van der Waals surface area contributed by atoms with Gasteiger partial charge in [0.15, 0.2) is 0 Å². The number of amides is 2. The molecule has 0 atom stereocenters. The number of hydrogen-bond donors (Lipinski definition) is 3. The first-order valence-corrected chi connectivity index (χ1v) is 5.23. The van der Waals surface area contributed by atoms with Crippen LogP contribution in [0.25, 0.3) is 0 Å². The average Bonchev–Trinajstić information content (AvgIpc) is 2.31. The molecule has 0 heterocycles. The van der Waals surface area contributed by atoms with Gasteiger partial charge in [0, 0.05) is 6.54 Å². The van der Waals surface area contributed by atoms with Gasteiger partial charge < -0.3 is 15.7 Å². The van der Waals surface area contributed by atoms with E-state index in [4.69, 9.17) is 5.11 Å². The highest BCUT2D eigenvalue weighted by molar-refractivity contribution is 6.00. The Morgan fingerprint density at radius 2 is 2.17 bits per heavy atom. The fourth-order valence-corrected chi connectivity index (χ4v) is 1.27. The van der Waals surface area contributed by atoms with Gasteiger partial charge in [0.2, 0.25) is 0 Å². The summed E-state index contributed by atoms with van der Waals surface area (Å²) in [6.45, 7) is 3.82. The third kappa shape index (κ3) is 3.58. The summed E-state index contributed by atoms with van der Waals surface area (Å²) in [7, 11) is 0. The molecule has 0 spiro atoms. The van der Waals surface area contributed by atoms with Gasteiger partial charge in [0.25, 0.3) is 0 Å². The van der Waals surface area contributed by atoms with Crippen LogP contribution in [0.4, 0.5) is 14.9 Å². The molecule has 0 aliphatic heterocycles. The molecule has 18 heavy (non-hydrogen) atoms. The van der Waals surface area contributed by atoms with Gasteiger partial charge in [-0.1, -0.05) is 12.1 Å². The van der Waals surface area contributed by atoms with E-state index in [0.29, 0.717) is 13.0 Å². The number of carboxylic acid groups (broad SMARTS) is 1. The topological polar surface area (TPSA) is 78.4 Å². The summed E-state index contributed by atoms with van der Waals surface area (Å²) in [5, 5.41) is 13.5. The van der Waals surface area contributed by atoms with Crippen molar-refractivity contribution in [3.63, 3.8) is 0 Å². The van der Waals surface area contributed by atoms with Gasteiger partial charge in [0.05, 0.1) is 11.3 Å². The van der Waals surface area contributed by atoms with Crippen molar-refractivity contribution in [3.8, 4) is 0 Å². The van der Waals surface area contributed by atoms with Gasteiger partial charge in [-0.15, -0.1) is 6.58 Å². The van der Waals surface area contributed by atoms with E-state index in [9.17, 15) is 14.0 Å². The van der Waals surface area contributed by atoms with Crippen LogP contribution in [0.15, 0.2) is 30.9 Å². The second kappa shape index (κ2) is 6.39. The number of halogens is 1. The molecule has 5 nitrogen and oxygen atoms in total. The molecule has 0 saturated heterocycles. The number of urea groups is 1. The highest BCUT2D eigenvalue weighted by Crippen LogP contribution is 2.19. The number of benzene rings is 1. The quantitative estimate of drug-likeness (QED) is 0.555. The number of nitrogens with one attached hydrogen (secondary N) is 2.